The molecule has 0 aliphatic heterocycles. The van der Waals surface area contributed by atoms with Crippen LogP contribution in [0.1, 0.15) is 32.3 Å². The summed E-state index contributed by atoms with van der Waals surface area (Å²) in [6.45, 7) is 5.08. The lowest BCUT2D eigenvalue weighted by atomic mass is 10.2. The lowest BCUT2D eigenvalue weighted by molar-refractivity contribution is -0.121. The van der Waals surface area contributed by atoms with Crippen molar-refractivity contribution in [3.8, 4) is 5.75 Å². The minimum Gasteiger partial charge on any atom is -0.491 e. The first-order chi connectivity index (χ1) is 8.61. The van der Waals surface area contributed by atoms with Crippen LogP contribution in [0.25, 0.3) is 0 Å². The monoisotopic (exact) mass is 250 g/mol. The van der Waals surface area contributed by atoms with Gasteiger partial charge in [0.2, 0.25) is 5.91 Å². The molecule has 4 nitrogen and oxygen atoms in total. The lowest BCUT2D eigenvalue weighted by Crippen LogP contribution is -2.23. The molecule has 0 atom stereocenters. The second-order valence-corrected chi connectivity index (χ2v) is 4.48. The molecule has 1 rings (SSSR count). The van der Waals surface area contributed by atoms with Gasteiger partial charge in [0.1, 0.15) is 5.75 Å². The number of rotatable bonds is 7. The molecule has 1 aromatic rings. The zero-order chi connectivity index (χ0) is 13.4. The number of carbonyl (C=O) groups is 1. The first-order valence-corrected chi connectivity index (χ1v) is 6.34. The average molecular weight is 250 g/mol. The normalized spacial score (nSPS) is 10.4. The van der Waals surface area contributed by atoms with E-state index in [2.05, 4.69) is 5.32 Å². The fourth-order valence-corrected chi connectivity index (χ4v) is 1.51. The minimum atomic E-state index is 0.0444. The zero-order valence-electron chi connectivity index (χ0n) is 11.1. The first kappa shape index (κ1) is 14.5. The molecule has 18 heavy (non-hydrogen) atoms. The number of amides is 1. The number of ether oxygens (including phenoxy) is 1. The van der Waals surface area contributed by atoms with Crippen LogP contribution in [-0.4, -0.2) is 18.6 Å². The van der Waals surface area contributed by atoms with Gasteiger partial charge in [-0.15, -0.1) is 0 Å². The Labute approximate surface area is 109 Å². The van der Waals surface area contributed by atoms with Crippen molar-refractivity contribution in [3.05, 3.63) is 29.8 Å². The maximum absolute atomic E-state index is 11.4. The van der Waals surface area contributed by atoms with Crippen molar-refractivity contribution in [1.82, 2.24) is 5.32 Å². The van der Waals surface area contributed by atoms with Gasteiger partial charge >= 0.3 is 0 Å². The van der Waals surface area contributed by atoms with Crippen molar-refractivity contribution < 1.29 is 9.53 Å². The van der Waals surface area contributed by atoms with Crippen LogP contribution in [-0.2, 0) is 11.3 Å². The van der Waals surface area contributed by atoms with Gasteiger partial charge < -0.3 is 15.8 Å². The summed E-state index contributed by atoms with van der Waals surface area (Å²) in [5.41, 5.74) is 6.41. The first-order valence-electron chi connectivity index (χ1n) is 6.34. The number of carbonyl (C=O) groups excluding carboxylic acids is 1. The van der Waals surface area contributed by atoms with E-state index in [0.717, 1.165) is 17.7 Å². The van der Waals surface area contributed by atoms with Gasteiger partial charge in [-0.05, 0) is 44.5 Å². The van der Waals surface area contributed by atoms with E-state index < -0.39 is 0 Å². The molecular weight excluding hydrogens is 228 g/mol. The summed E-state index contributed by atoms with van der Waals surface area (Å²) in [5, 5.41) is 2.86. The molecule has 0 saturated heterocycles. The molecule has 1 amide bonds. The molecule has 0 heterocycles. The van der Waals surface area contributed by atoms with E-state index in [1.54, 1.807) is 0 Å². The van der Waals surface area contributed by atoms with Gasteiger partial charge in [-0.25, -0.2) is 0 Å². The predicted octanol–water partition coefficient (Wildman–Crippen LogP) is 1.83. The van der Waals surface area contributed by atoms with Gasteiger partial charge in [-0.1, -0.05) is 12.1 Å². The van der Waals surface area contributed by atoms with E-state index in [4.69, 9.17) is 10.5 Å². The molecule has 4 heteroatoms. The molecule has 1 aromatic carbocycles. The second kappa shape index (κ2) is 7.71. The largest absolute Gasteiger partial charge is 0.491 e. The summed E-state index contributed by atoms with van der Waals surface area (Å²) < 4.78 is 5.55. The molecule has 0 aromatic heterocycles. The van der Waals surface area contributed by atoms with E-state index >= 15 is 0 Å². The Bertz CT molecular complexity index is 361. The fraction of sp³-hybridized carbons (Fsp3) is 0.500. The fourth-order valence-electron chi connectivity index (χ4n) is 1.51. The summed E-state index contributed by atoms with van der Waals surface area (Å²) >= 11 is 0. The van der Waals surface area contributed by atoms with Crippen LogP contribution in [0.15, 0.2) is 24.3 Å². The standard InChI is InChI=1S/C14H22N2O2/c1-11(2)18-13-7-5-12(6-8-13)10-16-14(17)4-3-9-15/h5-8,11H,3-4,9-10,15H2,1-2H3,(H,16,17). The Balaban J connectivity index is 2.37. The SMILES string of the molecule is CC(C)Oc1ccc(CNC(=O)CCCN)cc1. The van der Waals surface area contributed by atoms with Crippen LogP contribution < -0.4 is 15.8 Å². The van der Waals surface area contributed by atoms with Crippen molar-refractivity contribution in [2.75, 3.05) is 6.54 Å². The molecule has 0 aliphatic carbocycles. The summed E-state index contributed by atoms with van der Waals surface area (Å²) in [4.78, 5) is 11.4. The van der Waals surface area contributed by atoms with Crippen molar-refractivity contribution in [2.24, 2.45) is 5.73 Å². The topological polar surface area (TPSA) is 64.3 Å². The van der Waals surface area contributed by atoms with Crippen LogP contribution >= 0.6 is 0 Å². The molecule has 0 saturated carbocycles. The highest BCUT2D eigenvalue weighted by Crippen LogP contribution is 2.13. The van der Waals surface area contributed by atoms with Gasteiger partial charge in [0, 0.05) is 13.0 Å². The number of nitrogens with one attached hydrogen (secondary N) is 1. The Hall–Kier alpha value is -1.55. The van der Waals surface area contributed by atoms with Crippen LogP contribution in [0.5, 0.6) is 5.75 Å². The van der Waals surface area contributed by atoms with Crippen molar-refractivity contribution in [1.29, 1.82) is 0 Å². The van der Waals surface area contributed by atoms with E-state index in [-0.39, 0.29) is 12.0 Å². The lowest BCUT2D eigenvalue weighted by Gasteiger charge is -2.10. The van der Waals surface area contributed by atoms with Gasteiger partial charge in [-0.3, -0.25) is 4.79 Å². The summed E-state index contributed by atoms with van der Waals surface area (Å²) in [5.74, 6) is 0.895. The zero-order valence-corrected chi connectivity index (χ0v) is 11.1. The smallest absolute Gasteiger partial charge is 0.220 e. The van der Waals surface area contributed by atoms with Crippen LogP contribution in [0.2, 0.25) is 0 Å². The molecule has 0 unspecified atom stereocenters. The maximum Gasteiger partial charge on any atom is 0.220 e. The van der Waals surface area contributed by atoms with E-state index in [1.165, 1.54) is 0 Å². The summed E-state index contributed by atoms with van der Waals surface area (Å²) in [6, 6.07) is 7.75. The van der Waals surface area contributed by atoms with Crippen LogP contribution in [0.3, 0.4) is 0 Å². The molecule has 0 aliphatic rings. The molecule has 0 fully saturated rings. The number of hydrogen-bond acceptors (Lipinski definition) is 3. The third kappa shape index (κ3) is 5.68. The van der Waals surface area contributed by atoms with Crippen LogP contribution in [0.4, 0.5) is 0 Å². The van der Waals surface area contributed by atoms with Crippen LogP contribution in [0, 0.1) is 0 Å². The Morgan fingerprint density at radius 1 is 1.33 bits per heavy atom. The Kier molecular flexibility index (Phi) is 6.22. The van der Waals surface area contributed by atoms with Crippen molar-refractivity contribution >= 4 is 5.91 Å². The molecule has 0 radical (unpaired) electrons. The molecule has 100 valence electrons. The Morgan fingerprint density at radius 3 is 2.56 bits per heavy atom. The molecule has 0 bridgehead atoms. The predicted molar refractivity (Wildman–Crippen MR) is 72.3 cm³/mol. The third-order valence-electron chi connectivity index (χ3n) is 2.39. The average Bonchev–Trinajstić information content (AvgIpc) is 2.35. The third-order valence-corrected chi connectivity index (χ3v) is 2.39. The number of hydrogen-bond donors (Lipinski definition) is 2. The molecule has 0 spiro atoms. The Morgan fingerprint density at radius 2 is 2.00 bits per heavy atom. The summed E-state index contributed by atoms with van der Waals surface area (Å²) in [6.07, 6.45) is 1.39. The van der Waals surface area contributed by atoms with E-state index in [9.17, 15) is 4.79 Å². The minimum absolute atomic E-state index is 0.0444. The number of nitrogens with two attached hydrogens (primary N) is 1. The van der Waals surface area contributed by atoms with Crippen molar-refractivity contribution in [3.63, 3.8) is 0 Å². The van der Waals surface area contributed by atoms with Gasteiger partial charge in [0.15, 0.2) is 0 Å². The van der Waals surface area contributed by atoms with Crippen molar-refractivity contribution in [2.45, 2.75) is 39.3 Å². The molecule has 3 N–H and O–H groups in total. The highest BCUT2D eigenvalue weighted by Gasteiger charge is 2.01. The maximum atomic E-state index is 11.4. The van der Waals surface area contributed by atoms with E-state index in [1.807, 2.05) is 38.1 Å². The quantitative estimate of drug-likeness (QED) is 0.776. The van der Waals surface area contributed by atoms with Gasteiger partial charge in [-0.2, -0.15) is 0 Å². The molecular formula is C14H22N2O2. The summed E-state index contributed by atoms with van der Waals surface area (Å²) in [7, 11) is 0. The highest BCUT2D eigenvalue weighted by atomic mass is 16.5. The van der Waals surface area contributed by atoms with E-state index in [0.29, 0.717) is 19.5 Å². The number of benzene rings is 1. The van der Waals surface area contributed by atoms with Gasteiger partial charge in [0.25, 0.3) is 0 Å². The second-order valence-electron chi connectivity index (χ2n) is 4.48. The van der Waals surface area contributed by atoms with Gasteiger partial charge in [0.05, 0.1) is 6.10 Å². The highest BCUT2D eigenvalue weighted by molar-refractivity contribution is 5.75.